The van der Waals surface area contributed by atoms with Crippen LogP contribution in [0.3, 0.4) is 0 Å². The van der Waals surface area contributed by atoms with E-state index in [-0.39, 0.29) is 18.0 Å². The van der Waals surface area contributed by atoms with Crippen molar-refractivity contribution in [3.63, 3.8) is 0 Å². The van der Waals surface area contributed by atoms with Gasteiger partial charge in [0.15, 0.2) is 0 Å². The second-order valence-electron chi connectivity index (χ2n) is 6.24. The third-order valence-corrected chi connectivity index (χ3v) is 5.14. The van der Waals surface area contributed by atoms with Crippen molar-refractivity contribution in [1.82, 2.24) is 10.6 Å². The molecule has 1 fully saturated rings. The molecule has 1 atom stereocenters. The van der Waals surface area contributed by atoms with Gasteiger partial charge in [-0.3, -0.25) is 4.79 Å². The Hall–Kier alpha value is -2.38. The van der Waals surface area contributed by atoms with Crippen LogP contribution >= 0.6 is 11.3 Å². The highest BCUT2D eigenvalue weighted by Crippen LogP contribution is 2.15. The topological polar surface area (TPSA) is 79.5 Å². The number of carbonyl (C=O) groups excluding carboxylic acids is 2. The molecule has 3 N–H and O–H groups in total. The van der Waals surface area contributed by atoms with E-state index < -0.39 is 0 Å². The van der Waals surface area contributed by atoms with Gasteiger partial charge in [-0.15, -0.1) is 11.3 Å². The molecule has 1 aliphatic heterocycles. The van der Waals surface area contributed by atoms with Gasteiger partial charge < -0.3 is 20.7 Å². The van der Waals surface area contributed by atoms with Gasteiger partial charge in [0.25, 0.3) is 5.91 Å². The monoisotopic (exact) mass is 373 g/mol. The molecule has 26 heavy (non-hydrogen) atoms. The van der Waals surface area contributed by atoms with Crippen LogP contribution in [0, 0.1) is 6.92 Å². The van der Waals surface area contributed by atoms with E-state index in [0.29, 0.717) is 24.3 Å². The van der Waals surface area contributed by atoms with E-state index in [2.05, 4.69) is 16.0 Å². The van der Waals surface area contributed by atoms with Crippen molar-refractivity contribution in [3.05, 3.63) is 51.7 Å². The summed E-state index contributed by atoms with van der Waals surface area (Å²) in [7, 11) is 0. The van der Waals surface area contributed by atoms with Crippen LogP contribution in [0.5, 0.6) is 0 Å². The Morgan fingerprint density at radius 1 is 1.15 bits per heavy atom. The highest BCUT2D eigenvalue weighted by Gasteiger charge is 2.16. The fourth-order valence-corrected chi connectivity index (χ4v) is 3.57. The Labute approximate surface area is 156 Å². The number of hydrogen-bond donors (Lipinski definition) is 3. The van der Waals surface area contributed by atoms with E-state index in [9.17, 15) is 9.59 Å². The van der Waals surface area contributed by atoms with E-state index in [1.165, 1.54) is 4.88 Å². The summed E-state index contributed by atoms with van der Waals surface area (Å²) in [5, 5.41) is 8.46. The van der Waals surface area contributed by atoms with Crippen LogP contribution in [-0.4, -0.2) is 31.2 Å². The van der Waals surface area contributed by atoms with Gasteiger partial charge >= 0.3 is 6.03 Å². The highest BCUT2D eigenvalue weighted by atomic mass is 32.1. The first kappa shape index (κ1) is 18.4. The molecule has 1 aromatic heterocycles. The number of urea groups is 1. The fourth-order valence-electron chi connectivity index (χ4n) is 2.74. The van der Waals surface area contributed by atoms with Crippen molar-refractivity contribution >= 4 is 29.0 Å². The predicted molar refractivity (Wildman–Crippen MR) is 103 cm³/mol. The van der Waals surface area contributed by atoms with Gasteiger partial charge in [0, 0.05) is 34.2 Å². The number of thiophene rings is 1. The van der Waals surface area contributed by atoms with E-state index in [1.54, 1.807) is 35.6 Å². The van der Waals surface area contributed by atoms with Gasteiger partial charge in [-0.05, 0) is 56.2 Å². The van der Waals surface area contributed by atoms with E-state index >= 15 is 0 Å². The average molecular weight is 373 g/mol. The maximum atomic E-state index is 12.1. The molecule has 1 unspecified atom stereocenters. The molecule has 0 bridgehead atoms. The molecule has 1 aromatic carbocycles. The maximum Gasteiger partial charge on any atom is 0.319 e. The largest absolute Gasteiger partial charge is 0.376 e. The molecule has 0 radical (unpaired) electrons. The summed E-state index contributed by atoms with van der Waals surface area (Å²) in [6.07, 6.45) is 2.16. The van der Waals surface area contributed by atoms with Gasteiger partial charge in [-0.1, -0.05) is 0 Å². The van der Waals surface area contributed by atoms with Crippen LogP contribution in [-0.2, 0) is 11.3 Å². The summed E-state index contributed by atoms with van der Waals surface area (Å²) < 4.78 is 5.49. The van der Waals surface area contributed by atoms with Gasteiger partial charge in [0.2, 0.25) is 0 Å². The minimum absolute atomic E-state index is 0.121. The van der Waals surface area contributed by atoms with Crippen LogP contribution in [0.2, 0.25) is 0 Å². The molecule has 2 heterocycles. The first-order valence-electron chi connectivity index (χ1n) is 8.70. The molecule has 3 rings (SSSR count). The summed E-state index contributed by atoms with van der Waals surface area (Å²) >= 11 is 1.66. The van der Waals surface area contributed by atoms with Crippen LogP contribution in [0.1, 0.15) is 33.0 Å². The molecule has 138 valence electrons. The molecule has 7 heteroatoms. The maximum absolute atomic E-state index is 12.1. The van der Waals surface area contributed by atoms with E-state index in [4.69, 9.17) is 4.74 Å². The lowest BCUT2D eigenvalue weighted by Crippen LogP contribution is -2.31. The smallest absolute Gasteiger partial charge is 0.319 e. The Morgan fingerprint density at radius 2 is 1.96 bits per heavy atom. The number of rotatable bonds is 6. The number of benzene rings is 1. The van der Waals surface area contributed by atoms with Gasteiger partial charge in [0.1, 0.15) is 0 Å². The summed E-state index contributed by atoms with van der Waals surface area (Å²) in [6.45, 7) is 3.83. The molecule has 0 spiro atoms. The molecule has 6 nitrogen and oxygen atoms in total. The van der Waals surface area contributed by atoms with Crippen LogP contribution < -0.4 is 16.0 Å². The minimum Gasteiger partial charge on any atom is -0.376 e. The van der Waals surface area contributed by atoms with Gasteiger partial charge in [-0.25, -0.2) is 4.79 Å². The van der Waals surface area contributed by atoms with E-state index in [0.717, 1.165) is 24.3 Å². The quantitative estimate of drug-likeness (QED) is 0.727. The molecule has 1 aliphatic rings. The molecule has 0 saturated carbocycles. The average Bonchev–Trinajstić information content (AvgIpc) is 3.30. The summed E-state index contributed by atoms with van der Waals surface area (Å²) in [5.41, 5.74) is 1.20. The lowest BCUT2D eigenvalue weighted by Gasteiger charge is -2.11. The zero-order valence-electron chi connectivity index (χ0n) is 14.7. The number of aryl methyl sites for hydroxylation is 1. The van der Waals surface area contributed by atoms with Crippen molar-refractivity contribution in [1.29, 1.82) is 0 Å². The Morgan fingerprint density at radius 3 is 2.62 bits per heavy atom. The molecule has 0 aliphatic carbocycles. The Kier molecular flexibility index (Phi) is 6.25. The lowest BCUT2D eigenvalue weighted by molar-refractivity contribution is 0.0858. The van der Waals surface area contributed by atoms with Crippen molar-refractivity contribution in [2.24, 2.45) is 0 Å². The number of anilines is 1. The number of amides is 3. The number of nitrogens with one attached hydrogen (secondary N) is 3. The molecule has 3 amide bonds. The summed E-state index contributed by atoms with van der Waals surface area (Å²) in [4.78, 5) is 26.4. The van der Waals surface area contributed by atoms with Crippen LogP contribution in [0.15, 0.2) is 36.4 Å². The first-order valence-corrected chi connectivity index (χ1v) is 9.52. The highest BCUT2D eigenvalue weighted by molar-refractivity contribution is 7.11. The predicted octanol–water partition coefficient (Wildman–Crippen LogP) is 3.29. The molecular formula is C19H23N3O3S. The molecule has 1 saturated heterocycles. The van der Waals surface area contributed by atoms with Crippen molar-refractivity contribution in [3.8, 4) is 0 Å². The minimum atomic E-state index is -0.272. The summed E-state index contributed by atoms with van der Waals surface area (Å²) in [5.74, 6) is -0.135. The first-order chi connectivity index (χ1) is 12.6. The van der Waals surface area contributed by atoms with Crippen molar-refractivity contribution in [2.45, 2.75) is 32.4 Å². The standard InChI is InChI=1S/C19H23N3O3S/c1-13-4-9-17(26-13)12-21-19(24)22-15-7-5-14(6-8-15)18(23)20-11-16-3-2-10-25-16/h4-9,16H,2-3,10-12H2,1H3,(H,20,23)(H2,21,22,24). The van der Waals surface area contributed by atoms with E-state index in [1.807, 2.05) is 19.1 Å². The SMILES string of the molecule is Cc1ccc(CNC(=O)Nc2ccc(C(=O)NCC3CCCO3)cc2)s1. The van der Waals surface area contributed by atoms with Crippen molar-refractivity contribution in [2.75, 3.05) is 18.5 Å². The van der Waals surface area contributed by atoms with Gasteiger partial charge in [0.05, 0.1) is 12.6 Å². The zero-order valence-corrected chi connectivity index (χ0v) is 15.5. The number of ether oxygens (including phenoxy) is 1. The molecule has 2 aromatic rings. The summed E-state index contributed by atoms with van der Waals surface area (Å²) in [6, 6.07) is 10.6. The van der Waals surface area contributed by atoms with Crippen LogP contribution in [0.4, 0.5) is 10.5 Å². The lowest BCUT2D eigenvalue weighted by atomic mass is 10.2. The third kappa shape index (κ3) is 5.31. The fraction of sp³-hybridized carbons (Fsp3) is 0.368. The second kappa shape index (κ2) is 8.82. The second-order valence-corrected chi connectivity index (χ2v) is 7.61. The third-order valence-electron chi connectivity index (χ3n) is 4.14. The number of carbonyl (C=O) groups is 2. The Balaban J connectivity index is 1.44. The van der Waals surface area contributed by atoms with Gasteiger partial charge in [-0.2, -0.15) is 0 Å². The number of hydrogen-bond acceptors (Lipinski definition) is 4. The van der Waals surface area contributed by atoms with Crippen molar-refractivity contribution < 1.29 is 14.3 Å². The zero-order chi connectivity index (χ0) is 18.4. The van der Waals surface area contributed by atoms with Crippen LogP contribution in [0.25, 0.3) is 0 Å². The Bertz CT molecular complexity index is 752. The normalized spacial score (nSPS) is 16.3. The molecular weight excluding hydrogens is 350 g/mol.